The van der Waals surface area contributed by atoms with Gasteiger partial charge in [-0.15, -0.1) is 0 Å². The molecule has 0 rings (SSSR count). The molecule has 2 heteroatoms. The van der Waals surface area contributed by atoms with Crippen LogP contribution in [0.25, 0.3) is 0 Å². The fraction of sp³-hybridized carbons (Fsp3) is 0.917. The molecule has 0 bridgehead atoms. The summed E-state index contributed by atoms with van der Waals surface area (Å²) in [6.45, 7) is 14.6. The summed E-state index contributed by atoms with van der Waals surface area (Å²) in [5.41, 5.74) is 0.464. The zero-order valence-electron chi connectivity index (χ0n) is 10.8. The van der Waals surface area contributed by atoms with Crippen LogP contribution in [-0.4, -0.2) is 11.1 Å². The first kappa shape index (κ1) is 15.9. The minimum absolute atomic E-state index is 0.0775. The second-order valence-electron chi connectivity index (χ2n) is 6.05. The first-order valence-corrected chi connectivity index (χ1v) is 5.20. The minimum Gasteiger partial charge on any atom is -0.481 e. The van der Waals surface area contributed by atoms with Gasteiger partial charge in [-0.3, -0.25) is 4.79 Å². The van der Waals surface area contributed by atoms with Crippen molar-refractivity contribution >= 4 is 5.97 Å². The molecule has 0 fully saturated rings. The van der Waals surface area contributed by atoms with Crippen LogP contribution in [-0.2, 0) is 4.79 Å². The van der Waals surface area contributed by atoms with Gasteiger partial charge < -0.3 is 5.11 Å². The number of aliphatic carboxylic acids is 1. The largest absolute Gasteiger partial charge is 0.481 e. The average molecular weight is 202 g/mol. The monoisotopic (exact) mass is 202 g/mol. The highest BCUT2D eigenvalue weighted by atomic mass is 16.4. The summed E-state index contributed by atoms with van der Waals surface area (Å²) in [6.07, 6.45) is 1.51. The van der Waals surface area contributed by atoms with Crippen LogP contribution in [0.15, 0.2) is 0 Å². The Morgan fingerprint density at radius 2 is 1.29 bits per heavy atom. The van der Waals surface area contributed by atoms with Gasteiger partial charge in [-0.25, -0.2) is 0 Å². The van der Waals surface area contributed by atoms with Gasteiger partial charge in [-0.1, -0.05) is 54.9 Å². The highest BCUT2D eigenvalue weighted by molar-refractivity contribution is 5.67. The van der Waals surface area contributed by atoms with Crippen molar-refractivity contribution in [2.75, 3.05) is 0 Å². The van der Waals surface area contributed by atoms with Crippen LogP contribution in [0.3, 0.4) is 0 Å². The standard InChI is InChI=1S/C6H12O2.C6H14/c1-6(2,3)4-5(7)8;1-5-6(2,3)4/h4H2,1-3H3,(H,7,8);5H2,1-4H3. The van der Waals surface area contributed by atoms with Crippen LogP contribution in [0, 0.1) is 10.8 Å². The molecule has 1 N–H and O–H groups in total. The van der Waals surface area contributed by atoms with E-state index in [-0.39, 0.29) is 11.8 Å². The van der Waals surface area contributed by atoms with Gasteiger partial charge in [0.25, 0.3) is 0 Å². The predicted molar refractivity (Wildman–Crippen MR) is 61.5 cm³/mol. The number of hydrogen-bond donors (Lipinski definition) is 1. The Labute approximate surface area is 88.7 Å². The number of rotatable bonds is 1. The molecule has 0 aromatic rings. The zero-order valence-corrected chi connectivity index (χ0v) is 10.8. The molecule has 0 atom stereocenters. The van der Waals surface area contributed by atoms with E-state index in [9.17, 15) is 4.79 Å². The summed E-state index contributed by atoms with van der Waals surface area (Å²) in [4.78, 5) is 10.0. The SMILES string of the molecule is CC(C)(C)CC(=O)O.CCC(C)(C)C. The molecule has 0 unspecified atom stereocenters. The molecule has 0 spiro atoms. The van der Waals surface area contributed by atoms with Gasteiger partial charge in [0.1, 0.15) is 0 Å². The first-order valence-electron chi connectivity index (χ1n) is 5.20. The molecule has 0 aliphatic heterocycles. The van der Waals surface area contributed by atoms with E-state index in [0.29, 0.717) is 5.41 Å². The summed E-state index contributed by atoms with van der Waals surface area (Å²) in [5.74, 6) is -0.725. The molecule has 2 nitrogen and oxygen atoms in total. The van der Waals surface area contributed by atoms with E-state index < -0.39 is 5.97 Å². The highest BCUT2D eigenvalue weighted by Crippen LogP contribution is 2.17. The van der Waals surface area contributed by atoms with Crippen LogP contribution >= 0.6 is 0 Å². The molecule has 0 saturated heterocycles. The molecule has 0 saturated carbocycles. The quantitative estimate of drug-likeness (QED) is 0.699. The van der Waals surface area contributed by atoms with Crippen LogP contribution in [0.4, 0.5) is 0 Å². The summed E-state index contributed by atoms with van der Waals surface area (Å²) in [5, 5.41) is 8.25. The lowest BCUT2D eigenvalue weighted by molar-refractivity contribution is -0.139. The summed E-state index contributed by atoms with van der Waals surface area (Å²) in [7, 11) is 0. The van der Waals surface area contributed by atoms with E-state index in [1.165, 1.54) is 6.42 Å². The molecular weight excluding hydrogens is 176 g/mol. The molecule has 86 valence electrons. The van der Waals surface area contributed by atoms with Gasteiger partial charge in [0.15, 0.2) is 0 Å². The maximum Gasteiger partial charge on any atom is 0.303 e. The smallest absolute Gasteiger partial charge is 0.303 e. The van der Waals surface area contributed by atoms with Gasteiger partial charge in [-0.05, 0) is 10.8 Å². The third-order valence-corrected chi connectivity index (χ3v) is 1.74. The fourth-order valence-corrected chi connectivity index (χ4v) is 0.454. The lowest BCUT2D eigenvalue weighted by atomic mass is 9.93. The zero-order chi connectivity index (χ0) is 12.0. The molecule has 0 aromatic heterocycles. The summed E-state index contributed by atoms with van der Waals surface area (Å²) < 4.78 is 0. The van der Waals surface area contributed by atoms with Crippen LogP contribution < -0.4 is 0 Å². The Balaban J connectivity index is 0. The molecular formula is C12H26O2. The molecule has 0 amide bonds. The van der Waals surface area contributed by atoms with Crippen LogP contribution in [0.1, 0.15) is 61.3 Å². The number of hydrogen-bond acceptors (Lipinski definition) is 1. The predicted octanol–water partition coefficient (Wildman–Crippen LogP) is 3.95. The third kappa shape index (κ3) is 22.5. The van der Waals surface area contributed by atoms with Gasteiger partial charge in [-0.2, -0.15) is 0 Å². The molecule has 0 aromatic carbocycles. The second kappa shape index (κ2) is 6.05. The fourth-order valence-electron chi connectivity index (χ4n) is 0.454. The van der Waals surface area contributed by atoms with E-state index in [1.807, 2.05) is 20.8 Å². The molecule has 0 heterocycles. The summed E-state index contributed by atoms with van der Waals surface area (Å²) >= 11 is 0. The van der Waals surface area contributed by atoms with Crippen molar-refractivity contribution in [1.82, 2.24) is 0 Å². The Morgan fingerprint density at radius 3 is 1.29 bits per heavy atom. The highest BCUT2D eigenvalue weighted by Gasteiger charge is 2.13. The second-order valence-corrected chi connectivity index (χ2v) is 6.05. The maximum atomic E-state index is 10.0. The van der Waals surface area contributed by atoms with Crippen molar-refractivity contribution < 1.29 is 9.90 Å². The Bertz CT molecular complexity index is 158. The van der Waals surface area contributed by atoms with Gasteiger partial charge >= 0.3 is 5.97 Å². The topological polar surface area (TPSA) is 37.3 Å². The van der Waals surface area contributed by atoms with Crippen LogP contribution in [0.2, 0.25) is 0 Å². The number of carboxylic acid groups (broad SMARTS) is 1. The van der Waals surface area contributed by atoms with Crippen molar-refractivity contribution in [3.05, 3.63) is 0 Å². The lowest BCUT2D eigenvalue weighted by Gasteiger charge is -2.13. The molecule has 14 heavy (non-hydrogen) atoms. The Kier molecular flexibility index (Phi) is 6.88. The van der Waals surface area contributed by atoms with Gasteiger partial charge in [0.05, 0.1) is 6.42 Å². The van der Waals surface area contributed by atoms with E-state index in [4.69, 9.17) is 5.11 Å². The maximum absolute atomic E-state index is 10.0. The van der Waals surface area contributed by atoms with Gasteiger partial charge in [0, 0.05) is 0 Å². The summed E-state index contributed by atoms with van der Waals surface area (Å²) in [6, 6.07) is 0. The van der Waals surface area contributed by atoms with Crippen molar-refractivity contribution in [2.45, 2.75) is 61.3 Å². The van der Waals surface area contributed by atoms with Crippen LogP contribution in [0.5, 0.6) is 0 Å². The van der Waals surface area contributed by atoms with Crippen molar-refractivity contribution in [2.24, 2.45) is 10.8 Å². The molecule has 0 radical (unpaired) electrons. The average Bonchev–Trinajstić information content (AvgIpc) is 1.81. The first-order chi connectivity index (χ1) is 5.98. The van der Waals surface area contributed by atoms with E-state index >= 15 is 0 Å². The lowest BCUT2D eigenvalue weighted by Crippen LogP contribution is -2.11. The number of carboxylic acids is 1. The van der Waals surface area contributed by atoms with E-state index in [1.54, 1.807) is 0 Å². The van der Waals surface area contributed by atoms with Crippen molar-refractivity contribution in [1.29, 1.82) is 0 Å². The van der Waals surface area contributed by atoms with Gasteiger partial charge in [0.2, 0.25) is 0 Å². The molecule has 0 aliphatic rings. The number of carbonyl (C=O) groups is 1. The molecule has 0 aliphatic carbocycles. The minimum atomic E-state index is -0.725. The normalized spacial score (nSPS) is 11.6. The van der Waals surface area contributed by atoms with E-state index in [2.05, 4.69) is 27.7 Å². The Morgan fingerprint density at radius 1 is 1.00 bits per heavy atom. The van der Waals surface area contributed by atoms with Crippen molar-refractivity contribution in [3.63, 3.8) is 0 Å². The van der Waals surface area contributed by atoms with E-state index in [0.717, 1.165) is 0 Å². The Hall–Kier alpha value is -0.530. The third-order valence-electron chi connectivity index (χ3n) is 1.74. The van der Waals surface area contributed by atoms with Crippen molar-refractivity contribution in [3.8, 4) is 0 Å².